The smallest absolute Gasteiger partial charge is 0.407 e. The Balaban J connectivity index is 0.000000351. The molecule has 1 aromatic carbocycles. The Hall–Kier alpha value is -4.24. The zero-order valence-electron chi connectivity index (χ0n) is 49.3. The highest BCUT2D eigenvalue weighted by atomic mass is 32.2. The second-order valence-electron chi connectivity index (χ2n) is 25.3. The molecule has 0 spiro atoms. The number of carbonyl (C=O) groups excluding carboxylic acids is 3. The summed E-state index contributed by atoms with van der Waals surface area (Å²) < 4.78 is 45.4. The van der Waals surface area contributed by atoms with Gasteiger partial charge in [0.15, 0.2) is 0 Å². The fraction of sp³-hybridized carbons (Fsp3) is 0.814. The number of nitrogens with zero attached hydrogens (tertiary/aromatic N) is 2. The van der Waals surface area contributed by atoms with E-state index < -0.39 is 33.0 Å². The third-order valence-electron chi connectivity index (χ3n) is 14.5. The Morgan fingerprint density at radius 3 is 1.09 bits per heavy atom. The van der Waals surface area contributed by atoms with Crippen LogP contribution in [0.1, 0.15) is 209 Å². The van der Waals surface area contributed by atoms with Crippen molar-refractivity contribution in [2.45, 2.75) is 262 Å². The van der Waals surface area contributed by atoms with Crippen molar-refractivity contribution in [2.75, 3.05) is 19.8 Å². The molecular weight excluding hydrogens is 1010 g/mol. The van der Waals surface area contributed by atoms with Crippen molar-refractivity contribution in [2.24, 2.45) is 41.1 Å². The molecule has 0 saturated heterocycles. The standard InChI is InChI=1S/C19H29NO5S.C13H22N2O2.C12H23NO3.C8H14N2.C7H15NO/c1-14-5-11-17(12-6-14)26(22,23)24-13-15-7-9-16(10-8-15)20-18(21)25-19(2,3)4;1-13(2,3)17-12(16)15-11-6-4-10(5-7-11)8-9-14;1-12(2,3)16-11(15)13-10-6-4-9(8-14)5-7-10;9-6-5-7-1-3-8(10)4-2-7;8-7-3-1-6(5-9)2-4-7/h5-6,11-12,15-16H,7-10,13H2,1-4H3,(H,20,21);10-11H,4-8H2,1-3H3,(H,15,16);9-10,14H,4-8H2,1-3H3,(H,13,15);7-8H,1-5,10H2;6-7,9H,1-5,8H2. The molecule has 0 bridgehead atoms. The molecule has 19 heteroatoms. The average molecular weight is 1120 g/mol. The summed E-state index contributed by atoms with van der Waals surface area (Å²) in [6, 6.07) is 12.4. The van der Waals surface area contributed by atoms with E-state index >= 15 is 0 Å². The predicted molar refractivity (Wildman–Crippen MR) is 304 cm³/mol. The van der Waals surface area contributed by atoms with E-state index in [4.69, 9.17) is 50.6 Å². The number of nitriles is 2. The number of aliphatic hydroxyl groups is 2. The van der Waals surface area contributed by atoms with Gasteiger partial charge in [-0.2, -0.15) is 18.9 Å². The van der Waals surface area contributed by atoms with Crippen LogP contribution in [0.25, 0.3) is 0 Å². The van der Waals surface area contributed by atoms with E-state index in [1.807, 2.05) is 69.2 Å². The van der Waals surface area contributed by atoms with Crippen LogP contribution in [0.4, 0.5) is 14.4 Å². The highest BCUT2D eigenvalue weighted by molar-refractivity contribution is 7.86. The molecule has 0 heterocycles. The number of hydrogen-bond acceptors (Lipinski definition) is 15. The molecule has 0 unspecified atom stereocenters. The van der Waals surface area contributed by atoms with E-state index in [0.29, 0.717) is 48.8 Å². The molecule has 3 amide bonds. The summed E-state index contributed by atoms with van der Waals surface area (Å²) in [6.45, 7) is 19.3. The Kier molecular flexibility index (Phi) is 31.8. The molecule has 0 aliphatic heterocycles. The van der Waals surface area contributed by atoms with Crippen LogP contribution in [0.15, 0.2) is 29.2 Å². The molecule has 78 heavy (non-hydrogen) atoms. The summed E-state index contributed by atoms with van der Waals surface area (Å²) in [5.41, 5.74) is 11.0. The number of rotatable bonds is 11. The average Bonchev–Trinajstić information content (AvgIpc) is 3.35. The summed E-state index contributed by atoms with van der Waals surface area (Å²) in [7, 11) is -3.72. The maximum absolute atomic E-state index is 12.2. The maximum Gasteiger partial charge on any atom is 0.407 e. The first-order valence-corrected chi connectivity index (χ1v) is 30.3. The van der Waals surface area contributed by atoms with Gasteiger partial charge in [-0.1, -0.05) is 17.7 Å². The van der Waals surface area contributed by atoms with E-state index in [2.05, 4.69) is 28.1 Å². The minimum atomic E-state index is -3.72. The van der Waals surface area contributed by atoms with E-state index in [9.17, 15) is 22.8 Å². The number of aliphatic hydroxyl groups excluding tert-OH is 2. The lowest BCUT2D eigenvalue weighted by molar-refractivity contribution is 0.0470. The normalized spacial score (nSPS) is 26.4. The number of aryl methyl sites for hydroxylation is 1. The first-order valence-electron chi connectivity index (χ1n) is 28.9. The minimum absolute atomic E-state index is 0.0646. The van der Waals surface area contributed by atoms with Gasteiger partial charge in [-0.3, -0.25) is 4.18 Å². The molecule has 446 valence electrons. The van der Waals surface area contributed by atoms with Gasteiger partial charge in [-0.05, 0) is 239 Å². The van der Waals surface area contributed by atoms with E-state index in [1.54, 1.807) is 24.3 Å². The van der Waals surface area contributed by atoms with Crippen LogP contribution in [0, 0.1) is 59.2 Å². The predicted octanol–water partition coefficient (Wildman–Crippen LogP) is 10.7. The molecule has 5 aliphatic rings. The number of carbonyl (C=O) groups is 3. The molecular formula is C59H103N7O11S. The molecule has 1 aromatic rings. The van der Waals surface area contributed by atoms with Gasteiger partial charge in [-0.15, -0.1) is 0 Å². The Morgan fingerprint density at radius 2 is 0.795 bits per heavy atom. The van der Waals surface area contributed by atoms with Crippen LogP contribution in [-0.2, 0) is 28.5 Å². The highest BCUT2D eigenvalue weighted by Crippen LogP contribution is 2.29. The molecule has 9 N–H and O–H groups in total. The lowest BCUT2D eigenvalue weighted by Crippen LogP contribution is -2.41. The zero-order chi connectivity index (χ0) is 58.5. The van der Waals surface area contributed by atoms with Crippen molar-refractivity contribution in [3.63, 3.8) is 0 Å². The topological polar surface area (TPSA) is 298 Å². The molecule has 6 rings (SSSR count). The van der Waals surface area contributed by atoms with Crippen LogP contribution in [0.2, 0.25) is 0 Å². The summed E-state index contributed by atoms with van der Waals surface area (Å²) in [5, 5.41) is 43.4. The van der Waals surface area contributed by atoms with Gasteiger partial charge in [0.05, 0.1) is 23.6 Å². The quantitative estimate of drug-likeness (QED) is 0.0801. The number of ether oxygens (including phenoxy) is 3. The third-order valence-corrected chi connectivity index (χ3v) is 15.8. The first-order chi connectivity index (χ1) is 36.5. The number of amides is 3. The minimum Gasteiger partial charge on any atom is -0.444 e. The van der Waals surface area contributed by atoms with Crippen molar-refractivity contribution >= 4 is 28.4 Å². The summed E-state index contributed by atoms with van der Waals surface area (Å²) in [4.78, 5) is 35.0. The van der Waals surface area contributed by atoms with Gasteiger partial charge >= 0.3 is 18.3 Å². The van der Waals surface area contributed by atoms with E-state index in [-0.39, 0.29) is 54.3 Å². The number of benzene rings is 1. The van der Waals surface area contributed by atoms with Gasteiger partial charge in [0.2, 0.25) is 0 Å². The number of nitrogens with two attached hydrogens (primary N) is 2. The van der Waals surface area contributed by atoms with Crippen molar-refractivity contribution in [1.82, 2.24) is 16.0 Å². The Morgan fingerprint density at radius 1 is 0.513 bits per heavy atom. The van der Waals surface area contributed by atoms with Crippen LogP contribution in [-0.4, -0.2) is 104 Å². The van der Waals surface area contributed by atoms with Crippen LogP contribution in [0.5, 0.6) is 0 Å². The van der Waals surface area contributed by atoms with Gasteiger partial charge in [0, 0.05) is 56.3 Å². The zero-order valence-corrected chi connectivity index (χ0v) is 50.1. The molecule has 5 fully saturated rings. The fourth-order valence-corrected chi connectivity index (χ4v) is 10.9. The van der Waals surface area contributed by atoms with Gasteiger partial charge in [0.25, 0.3) is 10.1 Å². The first kappa shape index (κ1) is 69.9. The van der Waals surface area contributed by atoms with E-state index in [1.165, 1.54) is 0 Å². The Labute approximate surface area is 469 Å². The van der Waals surface area contributed by atoms with Crippen LogP contribution in [0.3, 0.4) is 0 Å². The second kappa shape index (κ2) is 35.5. The fourth-order valence-electron chi connectivity index (χ4n) is 9.88. The molecule has 0 aromatic heterocycles. The molecule has 18 nitrogen and oxygen atoms in total. The lowest BCUT2D eigenvalue weighted by atomic mass is 9.84. The molecule has 5 aliphatic carbocycles. The molecule has 5 saturated carbocycles. The summed E-state index contributed by atoms with van der Waals surface area (Å²) in [6.07, 6.45) is 20.3. The van der Waals surface area contributed by atoms with Crippen LogP contribution < -0.4 is 27.4 Å². The SMILES string of the molecule is CC(C)(C)OC(=O)NC1CCC(CC#N)CC1.CC(C)(C)OC(=O)NC1CCC(CO)CC1.Cc1ccc(S(=O)(=O)OCC2CCC(NC(=O)OC(C)(C)C)CC2)cc1.N#CCC1CCC(N)CC1.NC1CCC(CO)CC1. The van der Waals surface area contributed by atoms with Crippen molar-refractivity contribution < 1.29 is 51.4 Å². The van der Waals surface area contributed by atoms with Crippen molar-refractivity contribution in [1.29, 1.82) is 10.5 Å². The molecule has 0 atom stereocenters. The number of alkyl carbamates (subject to hydrolysis) is 3. The van der Waals surface area contributed by atoms with Gasteiger partial charge in [-0.25, -0.2) is 14.4 Å². The molecule has 0 radical (unpaired) electrons. The monoisotopic (exact) mass is 1120 g/mol. The largest absolute Gasteiger partial charge is 0.444 e. The number of hydrogen-bond donors (Lipinski definition) is 7. The van der Waals surface area contributed by atoms with Gasteiger partial charge in [0.1, 0.15) is 16.8 Å². The van der Waals surface area contributed by atoms with Crippen LogP contribution >= 0.6 is 0 Å². The maximum atomic E-state index is 12.2. The van der Waals surface area contributed by atoms with E-state index in [0.717, 1.165) is 140 Å². The number of nitrogens with one attached hydrogen (secondary N) is 3. The third kappa shape index (κ3) is 32.7. The second-order valence-corrected chi connectivity index (χ2v) is 26.9. The van der Waals surface area contributed by atoms with Crippen molar-refractivity contribution in [3.05, 3.63) is 29.8 Å². The highest BCUT2D eigenvalue weighted by Gasteiger charge is 2.29. The Bertz CT molecular complexity index is 2040. The van der Waals surface area contributed by atoms with Crippen molar-refractivity contribution in [3.8, 4) is 12.1 Å². The summed E-state index contributed by atoms with van der Waals surface area (Å²) in [5.74, 6) is 2.29. The summed E-state index contributed by atoms with van der Waals surface area (Å²) >= 11 is 0. The lowest BCUT2D eigenvalue weighted by Gasteiger charge is -2.29. The van der Waals surface area contributed by atoms with Gasteiger partial charge < -0.3 is 51.8 Å².